The fourth-order valence-electron chi connectivity index (χ4n) is 6.14. The quantitative estimate of drug-likeness (QED) is 0.0272. The molecule has 6 heteroatoms. The van der Waals surface area contributed by atoms with Gasteiger partial charge in [0, 0.05) is 19.3 Å². The second-order valence-corrected chi connectivity index (χ2v) is 14.6. The Morgan fingerprint density at radius 3 is 1.20 bits per heavy atom. The molecule has 298 valence electrons. The Labute approximate surface area is 315 Å². The van der Waals surface area contributed by atoms with Crippen molar-refractivity contribution in [3.63, 3.8) is 0 Å². The molecule has 0 aliphatic heterocycles. The lowest BCUT2D eigenvalue weighted by Gasteiger charge is -2.18. The van der Waals surface area contributed by atoms with Crippen molar-refractivity contribution in [2.24, 2.45) is 0 Å². The van der Waals surface area contributed by atoms with Gasteiger partial charge in [0.05, 0.1) is 0 Å². The van der Waals surface area contributed by atoms with Gasteiger partial charge in [-0.2, -0.15) is 0 Å². The topological polar surface area (TPSA) is 78.9 Å². The average Bonchev–Trinajstić information content (AvgIpc) is 3.12. The van der Waals surface area contributed by atoms with Gasteiger partial charge in [0.1, 0.15) is 13.2 Å². The molecule has 0 aromatic heterocycles. The van der Waals surface area contributed by atoms with Gasteiger partial charge in [0.2, 0.25) is 0 Å². The van der Waals surface area contributed by atoms with Gasteiger partial charge in [-0.1, -0.05) is 193 Å². The van der Waals surface area contributed by atoms with Crippen LogP contribution in [0, 0.1) is 0 Å². The first-order valence-corrected chi connectivity index (χ1v) is 21.8. The zero-order valence-electron chi connectivity index (χ0n) is 33.9. The first-order chi connectivity index (χ1) is 25.0. The molecule has 0 aliphatic carbocycles. The molecule has 6 nitrogen and oxygen atoms in total. The largest absolute Gasteiger partial charge is 0.462 e. The second kappa shape index (κ2) is 40.7. The monoisotopic (exact) mass is 719 g/mol. The number of ether oxygens (including phenoxy) is 3. The van der Waals surface area contributed by atoms with Gasteiger partial charge in [-0.25, -0.2) is 0 Å². The van der Waals surface area contributed by atoms with E-state index in [-0.39, 0.29) is 37.5 Å². The van der Waals surface area contributed by atoms with Crippen LogP contribution in [0.15, 0.2) is 24.3 Å². The van der Waals surface area contributed by atoms with Crippen molar-refractivity contribution >= 4 is 17.9 Å². The number of allylic oxidation sites excluding steroid dienone is 4. The number of carbonyl (C=O) groups is 3. The van der Waals surface area contributed by atoms with Crippen LogP contribution >= 0.6 is 0 Å². The fraction of sp³-hybridized carbons (Fsp3) is 0.844. The molecular formula is C45H82O6. The van der Waals surface area contributed by atoms with Crippen molar-refractivity contribution in [1.29, 1.82) is 0 Å². The molecule has 0 spiro atoms. The predicted molar refractivity (Wildman–Crippen MR) is 215 cm³/mol. The number of rotatable bonds is 39. The third kappa shape index (κ3) is 38.9. The molecule has 51 heavy (non-hydrogen) atoms. The Balaban J connectivity index is 4.38. The molecule has 0 aliphatic rings. The van der Waals surface area contributed by atoms with E-state index in [0.29, 0.717) is 19.3 Å². The van der Waals surface area contributed by atoms with E-state index in [9.17, 15) is 14.4 Å². The number of hydrogen-bond donors (Lipinski definition) is 0. The van der Waals surface area contributed by atoms with Crippen LogP contribution in [-0.4, -0.2) is 37.2 Å². The van der Waals surface area contributed by atoms with Crippen molar-refractivity contribution in [3.8, 4) is 0 Å². The highest BCUT2D eigenvalue weighted by atomic mass is 16.6. The molecule has 0 aromatic carbocycles. The summed E-state index contributed by atoms with van der Waals surface area (Å²) >= 11 is 0. The van der Waals surface area contributed by atoms with E-state index in [4.69, 9.17) is 14.2 Å². The van der Waals surface area contributed by atoms with Gasteiger partial charge < -0.3 is 14.2 Å². The van der Waals surface area contributed by atoms with E-state index in [1.165, 1.54) is 128 Å². The van der Waals surface area contributed by atoms with Crippen LogP contribution in [0.4, 0.5) is 0 Å². The summed E-state index contributed by atoms with van der Waals surface area (Å²) < 4.78 is 16.6. The van der Waals surface area contributed by atoms with Crippen LogP contribution in [0.1, 0.15) is 226 Å². The molecule has 0 saturated heterocycles. The van der Waals surface area contributed by atoms with Crippen molar-refractivity contribution in [1.82, 2.24) is 0 Å². The second-order valence-electron chi connectivity index (χ2n) is 14.6. The highest BCUT2D eigenvalue weighted by molar-refractivity contribution is 5.71. The van der Waals surface area contributed by atoms with Crippen molar-refractivity contribution in [2.75, 3.05) is 13.2 Å². The first-order valence-electron chi connectivity index (χ1n) is 21.8. The van der Waals surface area contributed by atoms with Gasteiger partial charge in [-0.05, 0) is 38.5 Å². The van der Waals surface area contributed by atoms with E-state index in [1.807, 2.05) is 6.08 Å². The SMILES string of the molecule is CCCCCCCCCC/C=C\C/C=C\CCC(=O)OCC(COC(=O)CCCCCCCCCCC)OC(=O)CCCCCCCCCCC. The predicted octanol–water partition coefficient (Wildman–Crippen LogP) is 13.6. The molecule has 0 aromatic rings. The molecule has 0 amide bonds. The summed E-state index contributed by atoms with van der Waals surface area (Å²) in [5, 5.41) is 0. The Kier molecular flexibility index (Phi) is 39.0. The molecular weight excluding hydrogens is 636 g/mol. The van der Waals surface area contributed by atoms with Crippen LogP contribution in [-0.2, 0) is 28.6 Å². The van der Waals surface area contributed by atoms with Gasteiger partial charge in [-0.3, -0.25) is 14.4 Å². The third-order valence-electron chi connectivity index (χ3n) is 9.47. The van der Waals surface area contributed by atoms with E-state index < -0.39 is 6.10 Å². The Hall–Kier alpha value is -2.11. The summed E-state index contributed by atoms with van der Waals surface area (Å²) in [6.07, 6.45) is 43.2. The maximum absolute atomic E-state index is 12.6. The normalized spacial score (nSPS) is 12.1. The highest BCUT2D eigenvalue weighted by Gasteiger charge is 2.19. The summed E-state index contributed by atoms with van der Waals surface area (Å²) in [4.78, 5) is 37.5. The summed E-state index contributed by atoms with van der Waals surface area (Å²) in [5.41, 5.74) is 0. The van der Waals surface area contributed by atoms with Crippen LogP contribution < -0.4 is 0 Å². The van der Waals surface area contributed by atoms with E-state index in [1.54, 1.807) is 0 Å². The van der Waals surface area contributed by atoms with Crippen molar-refractivity contribution in [2.45, 2.75) is 232 Å². The molecule has 0 bridgehead atoms. The van der Waals surface area contributed by atoms with Crippen molar-refractivity contribution in [3.05, 3.63) is 24.3 Å². The molecule has 0 saturated carbocycles. The third-order valence-corrected chi connectivity index (χ3v) is 9.47. The minimum absolute atomic E-state index is 0.0851. The van der Waals surface area contributed by atoms with E-state index >= 15 is 0 Å². The minimum atomic E-state index is -0.783. The lowest BCUT2D eigenvalue weighted by atomic mass is 10.1. The summed E-state index contributed by atoms with van der Waals surface area (Å²) in [7, 11) is 0. The fourth-order valence-corrected chi connectivity index (χ4v) is 6.14. The number of esters is 3. The van der Waals surface area contributed by atoms with Crippen LogP contribution in [0.2, 0.25) is 0 Å². The zero-order valence-corrected chi connectivity index (χ0v) is 33.9. The molecule has 0 radical (unpaired) electrons. The van der Waals surface area contributed by atoms with Gasteiger partial charge in [0.25, 0.3) is 0 Å². The molecule has 0 heterocycles. The van der Waals surface area contributed by atoms with Crippen LogP contribution in [0.25, 0.3) is 0 Å². The lowest BCUT2D eigenvalue weighted by Crippen LogP contribution is -2.30. The van der Waals surface area contributed by atoms with Crippen LogP contribution in [0.5, 0.6) is 0 Å². The Morgan fingerprint density at radius 2 is 0.745 bits per heavy atom. The van der Waals surface area contributed by atoms with Crippen molar-refractivity contribution < 1.29 is 28.6 Å². The molecule has 1 atom stereocenters. The first kappa shape index (κ1) is 48.9. The summed E-state index contributed by atoms with van der Waals surface area (Å²) in [6.45, 7) is 6.54. The Bertz CT molecular complexity index is 835. The van der Waals surface area contributed by atoms with E-state index in [2.05, 4.69) is 39.0 Å². The molecule has 0 fully saturated rings. The smallest absolute Gasteiger partial charge is 0.306 e. The van der Waals surface area contributed by atoms with Gasteiger partial charge >= 0.3 is 17.9 Å². The summed E-state index contributed by atoms with van der Waals surface area (Å²) in [6, 6.07) is 0. The minimum Gasteiger partial charge on any atom is -0.462 e. The maximum Gasteiger partial charge on any atom is 0.306 e. The molecule has 0 rings (SSSR count). The van der Waals surface area contributed by atoms with E-state index in [0.717, 1.165) is 51.4 Å². The molecule has 1 unspecified atom stereocenters. The number of hydrogen-bond acceptors (Lipinski definition) is 6. The van der Waals surface area contributed by atoms with Gasteiger partial charge in [-0.15, -0.1) is 0 Å². The zero-order chi connectivity index (χ0) is 37.3. The summed E-state index contributed by atoms with van der Waals surface area (Å²) in [5.74, 6) is -0.959. The maximum atomic E-state index is 12.6. The highest BCUT2D eigenvalue weighted by Crippen LogP contribution is 2.14. The van der Waals surface area contributed by atoms with Gasteiger partial charge in [0.15, 0.2) is 6.10 Å². The Morgan fingerprint density at radius 1 is 0.392 bits per heavy atom. The number of unbranched alkanes of at least 4 members (excludes halogenated alkanes) is 24. The van der Waals surface area contributed by atoms with Crippen LogP contribution in [0.3, 0.4) is 0 Å². The lowest BCUT2D eigenvalue weighted by molar-refractivity contribution is -0.166. The number of carbonyl (C=O) groups excluding carboxylic acids is 3. The molecule has 0 N–H and O–H groups in total. The standard InChI is InChI=1S/C45H82O6/c1-4-7-10-13-16-19-20-21-22-23-24-27-29-32-35-38-44(47)50-41-42(51-45(48)39-36-33-30-26-18-15-12-9-6-3)40-49-43(46)37-34-31-28-25-17-14-11-8-5-2/h23-24,29,32,42H,4-22,25-28,30-31,33-41H2,1-3H3/b24-23-,32-29-. The average molecular weight is 719 g/mol.